The van der Waals surface area contributed by atoms with Crippen molar-refractivity contribution in [1.82, 2.24) is 5.32 Å². The van der Waals surface area contributed by atoms with E-state index in [1.54, 1.807) is 0 Å². The van der Waals surface area contributed by atoms with Gasteiger partial charge in [-0.3, -0.25) is 0 Å². The first-order chi connectivity index (χ1) is 6.33. The van der Waals surface area contributed by atoms with Crippen molar-refractivity contribution >= 4 is 17.4 Å². The van der Waals surface area contributed by atoms with Crippen LogP contribution in [0.15, 0.2) is 18.2 Å². The Morgan fingerprint density at radius 2 is 2.31 bits per heavy atom. The predicted molar refractivity (Wildman–Crippen MR) is 61.3 cm³/mol. The van der Waals surface area contributed by atoms with E-state index in [4.69, 9.17) is 0 Å². The summed E-state index contributed by atoms with van der Waals surface area (Å²) >= 11 is 1.84. The van der Waals surface area contributed by atoms with Gasteiger partial charge in [0, 0.05) is 9.75 Å². The second kappa shape index (κ2) is 5.95. The summed E-state index contributed by atoms with van der Waals surface area (Å²) in [6, 6.07) is 4.33. The van der Waals surface area contributed by atoms with Gasteiger partial charge >= 0.3 is 0 Å². The minimum absolute atomic E-state index is 1.06. The monoisotopic (exact) mass is 195 g/mol. The SMILES string of the molecule is CCNCCC=Cc1ccc(C)s1. The maximum absolute atomic E-state index is 3.29. The van der Waals surface area contributed by atoms with Crippen LogP contribution >= 0.6 is 11.3 Å². The molecule has 1 aromatic rings. The lowest BCUT2D eigenvalue weighted by atomic mass is 10.3. The van der Waals surface area contributed by atoms with Gasteiger partial charge in [0.05, 0.1) is 0 Å². The van der Waals surface area contributed by atoms with E-state index in [1.165, 1.54) is 9.75 Å². The van der Waals surface area contributed by atoms with E-state index in [0.717, 1.165) is 19.5 Å². The van der Waals surface area contributed by atoms with Crippen LogP contribution in [0.2, 0.25) is 0 Å². The minimum atomic E-state index is 1.06. The smallest absolute Gasteiger partial charge is 0.0269 e. The van der Waals surface area contributed by atoms with Crippen LogP contribution in [0.3, 0.4) is 0 Å². The first-order valence-electron chi connectivity index (χ1n) is 4.76. The summed E-state index contributed by atoms with van der Waals surface area (Å²) in [6.45, 7) is 6.41. The molecule has 0 saturated carbocycles. The third-order valence-electron chi connectivity index (χ3n) is 1.78. The lowest BCUT2D eigenvalue weighted by Gasteiger charge is -1.94. The summed E-state index contributed by atoms with van der Waals surface area (Å²) < 4.78 is 0. The van der Waals surface area contributed by atoms with Crippen molar-refractivity contribution < 1.29 is 0 Å². The highest BCUT2D eigenvalue weighted by atomic mass is 32.1. The van der Waals surface area contributed by atoms with Gasteiger partial charge in [-0.15, -0.1) is 11.3 Å². The zero-order valence-electron chi connectivity index (χ0n) is 8.34. The van der Waals surface area contributed by atoms with E-state index in [-0.39, 0.29) is 0 Å². The minimum Gasteiger partial charge on any atom is -0.317 e. The summed E-state index contributed by atoms with van der Waals surface area (Å²) in [4.78, 5) is 2.74. The largest absolute Gasteiger partial charge is 0.317 e. The highest BCUT2D eigenvalue weighted by Gasteiger charge is 1.89. The molecule has 0 spiro atoms. The number of hydrogen-bond donors (Lipinski definition) is 1. The van der Waals surface area contributed by atoms with E-state index in [2.05, 4.69) is 43.4 Å². The number of nitrogens with one attached hydrogen (secondary N) is 1. The molecule has 1 N–H and O–H groups in total. The molecule has 0 unspecified atom stereocenters. The summed E-state index contributed by atoms with van der Waals surface area (Å²) in [6.07, 6.45) is 5.55. The molecule has 13 heavy (non-hydrogen) atoms. The molecule has 0 saturated heterocycles. The van der Waals surface area contributed by atoms with Gasteiger partial charge in [-0.25, -0.2) is 0 Å². The van der Waals surface area contributed by atoms with Gasteiger partial charge in [-0.1, -0.05) is 13.0 Å². The molecular weight excluding hydrogens is 178 g/mol. The fraction of sp³-hybridized carbons (Fsp3) is 0.455. The van der Waals surface area contributed by atoms with Gasteiger partial charge in [-0.2, -0.15) is 0 Å². The topological polar surface area (TPSA) is 12.0 Å². The molecule has 0 atom stereocenters. The van der Waals surface area contributed by atoms with Crippen molar-refractivity contribution in [2.75, 3.05) is 13.1 Å². The van der Waals surface area contributed by atoms with Crippen LogP contribution in [0, 0.1) is 6.92 Å². The molecule has 0 aliphatic heterocycles. The summed E-state index contributed by atoms with van der Waals surface area (Å²) in [5, 5.41) is 3.29. The maximum Gasteiger partial charge on any atom is 0.0269 e. The number of rotatable bonds is 5. The number of aryl methyl sites for hydroxylation is 1. The van der Waals surface area contributed by atoms with Crippen LogP contribution in [0.5, 0.6) is 0 Å². The lowest BCUT2D eigenvalue weighted by molar-refractivity contribution is 0.727. The standard InChI is InChI=1S/C11H17NS/c1-3-12-9-5-4-6-11-8-7-10(2)13-11/h4,6-8,12H,3,5,9H2,1-2H3. The normalized spacial score (nSPS) is 11.2. The molecule has 0 radical (unpaired) electrons. The summed E-state index contributed by atoms with van der Waals surface area (Å²) in [7, 11) is 0. The van der Waals surface area contributed by atoms with E-state index in [0.29, 0.717) is 0 Å². The third-order valence-corrected chi connectivity index (χ3v) is 2.75. The van der Waals surface area contributed by atoms with E-state index >= 15 is 0 Å². The van der Waals surface area contributed by atoms with Crippen LogP contribution in [0.1, 0.15) is 23.1 Å². The Kier molecular flexibility index (Phi) is 4.79. The zero-order valence-corrected chi connectivity index (χ0v) is 9.16. The highest BCUT2D eigenvalue weighted by Crippen LogP contribution is 2.16. The van der Waals surface area contributed by atoms with E-state index in [9.17, 15) is 0 Å². The molecule has 0 amide bonds. The van der Waals surface area contributed by atoms with E-state index < -0.39 is 0 Å². The van der Waals surface area contributed by atoms with Gasteiger partial charge in [0.15, 0.2) is 0 Å². The van der Waals surface area contributed by atoms with Gasteiger partial charge in [0.2, 0.25) is 0 Å². The average Bonchev–Trinajstić information content (AvgIpc) is 2.51. The molecule has 1 aromatic heterocycles. The molecule has 1 nitrogen and oxygen atoms in total. The Bertz CT molecular complexity index is 263. The summed E-state index contributed by atoms with van der Waals surface area (Å²) in [5.41, 5.74) is 0. The maximum atomic E-state index is 3.29. The highest BCUT2D eigenvalue weighted by molar-refractivity contribution is 7.12. The van der Waals surface area contributed by atoms with Crippen molar-refractivity contribution in [2.45, 2.75) is 20.3 Å². The Hall–Kier alpha value is -0.600. The third kappa shape index (κ3) is 4.25. The Labute approximate surface area is 84.5 Å². The summed E-state index contributed by atoms with van der Waals surface area (Å²) in [5.74, 6) is 0. The first kappa shape index (κ1) is 10.5. The van der Waals surface area contributed by atoms with E-state index in [1.807, 2.05) is 11.3 Å². The van der Waals surface area contributed by atoms with Gasteiger partial charge in [0.1, 0.15) is 0 Å². The molecule has 0 aromatic carbocycles. The van der Waals surface area contributed by atoms with Gasteiger partial charge < -0.3 is 5.32 Å². The van der Waals surface area contributed by atoms with Crippen LogP contribution < -0.4 is 5.32 Å². The molecule has 0 aliphatic rings. The Balaban J connectivity index is 2.24. The van der Waals surface area contributed by atoms with Crippen molar-refractivity contribution in [3.63, 3.8) is 0 Å². The average molecular weight is 195 g/mol. The molecule has 1 rings (SSSR count). The predicted octanol–water partition coefficient (Wildman–Crippen LogP) is 3.07. The first-order valence-corrected chi connectivity index (χ1v) is 5.58. The second-order valence-corrected chi connectivity index (χ2v) is 4.31. The van der Waals surface area contributed by atoms with Crippen molar-refractivity contribution in [1.29, 1.82) is 0 Å². The molecule has 0 fully saturated rings. The van der Waals surface area contributed by atoms with Crippen molar-refractivity contribution in [3.05, 3.63) is 28.0 Å². The lowest BCUT2D eigenvalue weighted by Crippen LogP contribution is -2.12. The second-order valence-electron chi connectivity index (χ2n) is 2.99. The fourth-order valence-corrected chi connectivity index (χ4v) is 1.91. The molecular formula is C11H17NS. The number of thiophene rings is 1. The Morgan fingerprint density at radius 3 is 2.92 bits per heavy atom. The van der Waals surface area contributed by atoms with Crippen LogP contribution in [-0.2, 0) is 0 Å². The van der Waals surface area contributed by atoms with Gasteiger partial charge in [0.25, 0.3) is 0 Å². The van der Waals surface area contributed by atoms with Crippen LogP contribution in [-0.4, -0.2) is 13.1 Å². The van der Waals surface area contributed by atoms with Crippen LogP contribution in [0.25, 0.3) is 6.08 Å². The molecule has 1 heterocycles. The zero-order chi connectivity index (χ0) is 9.52. The fourth-order valence-electron chi connectivity index (χ4n) is 1.10. The Morgan fingerprint density at radius 1 is 1.46 bits per heavy atom. The van der Waals surface area contributed by atoms with Crippen LogP contribution in [0.4, 0.5) is 0 Å². The molecule has 2 heteroatoms. The van der Waals surface area contributed by atoms with Crippen molar-refractivity contribution in [2.24, 2.45) is 0 Å². The van der Waals surface area contributed by atoms with Gasteiger partial charge in [-0.05, 0) is 44.6 Å². The molecule has 72 valence electrons. The van der Waals surface area contributed by atoms with Crippen molar-refractivity contribution in [3.8, 4) is 0 Å². The molecule has 0 bridgehead atoms. The quantitative estimate of drug-likeness (QED) is 0.712. The number of hydrogen-bond acceptors (Lipinski definition) is 2. The molecule has 0 aliphatic carbocycles.